The van der Waals surface area contributed by atoms with Gasteiger partial charge in [-0.25, -0.2) is 9.97 Å². The molecule has 6 nitrogen and oxygen atoms in total. The van der Waals surface area contributed by atoms with Crippen molar-refractivity contribution in [3.05, 3.63) is 54.4 Å². The molecule has 4 rings (SSSR count). The summed E-state index contributed by atoms with van der Waals surface area (Å²) in [5.41, 5.74) is 1.10. The highest BCUT2D eigenvalue weighted by Crippen LogP contribution is 2.20. The van der Waals surface area contributed by atoms with Gasteiger partial charge in [-0.3, -0.25) is 4.79 Å². The molecule has 0 unspecified atom stereocenters. The Morgan fingerprint density at radius 1 is 1.08 bits per heavy atom. The molecule has 2 fully saturated rings. The van der Waals surface area contributed by atoms with Gasteiger partial charge < -0.3 is 15.1 Å². The van der Waals surface area contributed by atoms with Gasteiger partial charge in [0.15, 0.2) is 6.04 Å². The van der Waals surface area contributed by atoms with E-state index in [4.69, 9.17) is 0 Å². The van der Waals surface area contributed by atoms with Crippen LogP contribution in [-0.4, -0.2) is 48.1 Å². The zero-order chi connectivity index (χ0) is 17.1. The maximum atomic E-state index is 12.9. The quantitative estimate of drug-likeness (QED) is 0.818. The number of hydrogen-bond donors (Lipinski definition) is 2. The number of nitrogens with zero attached hydrogens (tertiary/aromatic N) is 3. The summed E-state index contributed by atoms with van der Waals surface area (Å²) in [4.78, 5) is 25.1. The van der Waals surface area contributed by atoms with E-state index in [2.05, 4.69) is 32.3 Å². The van der Waals surface area contributed by atoms with Crippen molar-refractivity contribution in [2.45, 2.75) is 24.9 Å². The lowest BCUT2D eigenvalue weighted by Crippen LogP contribution is -3.16. The first-order chi connectivity index (χ1) is 12.3. The fourth-order valence-corrected chi connectivity index (χ4v) is 3.47. The highest BCUT2D eigenvalue weighted by Gasteiger charge is 2.37. The predicted octanol–water partition coefficient (Wildman–Crippen LogP) is 0.201. The van der Waals surface area contributed by atoms with Crippen LogP contribution in [0.1, 0.15) is 24.4 Å². The zero-order valence-electron chi connectivity index (χ0n) is 14.3. The molecule has 0 spiro atoms. The smallest absolute Gasteiger partial charge is 0.283 e. The van der Waals surface area contributed by atoms with Gasteiger partial charge in [-0.2, -0.15) is 0 Å². The summed E-state index contributed by atoms with van der Waals surface area (Å²) >= 11 is 0. The molecule has 6 heteroatoms. The first-order valence-corrected chi connectivity index (χ1v) is 9.03. The maximum Gasteiger partial charge on any atom is 0.283 e. The van der Waals surface area contributed by atoms with Gasteiger partial charge >= 0.3 is 0 Å². The van der Waals surface area contributed by atoms with E-state index in [9.17, 15) is 4.79 Å². The number of carbonyl (C=O) groups is 1. The molecule has 1 aliphatic carbocycles. The maximum absolute atomic E-state index is 12.9. The fourth-order valence-electron chi connectivity index (χ4n) is 3.47. The summed E-state index contributed by atoms with van der Waals surface area (Å²) < 4.78 is 0. The lowest BCUT2D eigenvalue weighted by atomic mass is 10.0. The van der Waals surface area contributed by atoms with E-state index in [1.165, 1.54) is 4.90 Å². The summed E-state index contributed by atoms with van der Waals surface area (Å²) in [6.45, 7) is 3.52. The first kappa shape index (κ1) is 16.0. The summed E-state index contributed by atoms with van der Waals surface area (Å²) in [5.74, 6) is 0.938. The van der Waals surface area contributed by atoms with Crippen molar-refractivity contribution >= 4 is 11.9 Å². The van der Waals surface area contributed by atoms with E-state index in [1.807, 2.05) is 24.3 Å². The number of aromatic nitrogens is 2. The molecule has 2 aromatic rings. The predicted molar refractivity (Wildman–Crippen MR) is 95.3 cm³/mol. The molecule has 130 valence electrons. The monoisotopic (exact) mass is 338 g/mol. The molecule has 1 aromatic heterocycles. The van der Waals surface area contributed by atoms with Crippen LogP contribution in [-0.2, 0) is 4.79 Å². The van der Waals surface area contributed by atoms with E-state index in [0.717, 1.165) is 50.5 Å². The lowest BCUT2D eigenvalue weighted by molar-refractivity contribution is -0.922. The van der Waals surface area contributed by atoms with Crippen LogP contribution in [0.3, 0.4) is 0 Å². The normalized spacial score (nSPS) is 19.4. The van der Waals surface area contributed by atoms with Crippen LogP contribution in [0.15, 0.2) is 48.8 Å². The van der Waals surface area contributed by atoms with E-state index < -0.39 is 0 Å². The molecular weight excluding hydrogens is 314 g/mol. The number of quaternary nitrogens is 1. The minimum atomic E-state index is -0.138. The third-order valence-electron chi connectivity index (χ3n) is 4.97. The van der Waals surface area contributed by atoms with Crippen molar-refractivity contribution in [3.63, 3.8) is 0 Å². The van der Waals surface area contributed by atoms with Gasteiger partial charge in [0.25, 0.3) is 5.91 Å². The van der Waals surface area contributed by atoms with E-state index in [0.29, 0.717) is 6.04 Å². The molecule has 1 aromatic carbocycles. The Morgan fingerprint density at radius 2 is 1.76 bits per heavy atom. The average molecular weight is 338 g/mol. The van der Waals surface area contributed by atoms with Crippen LogP contribution in [0.2, 0.25) is 0 Å². The molecule has 1 saturated carbocycles. The average Bonchev–Trinajstić information content (AvgIpc) is 3.48. The number of amides is 1. The summed E-state index contributed by atoms with van der Waals surface area (Å²) in [6, 6.07) is 12.2. The number of rotatable bonds is 5. The SMILES string of the molecule is O=C(NC1CC1)[C@@H](c1ccccc1)[NH+]1CCN(c2ncccn2)CC1. The van der Waals surface area contributed by atoms with Crippen molar-refractivity contribution in [1.82, 2.24) is 15.3 Å². The first-order valence-electron chi connectivity index (χ1n) is 9.03. The van der Waals surface area contributed by atoms with Crippen LogP contribution < -0.4 is 15.1 Å². The number of nitrogens with one attached hydrogen (secondary N) is 2. The van der Waals surface area contributed by atoms with Crippen LogP contribution in [0.4, 0.5) is 5.95 Å². The summed E-state index contributed by atoms with van der Waals surface area (Å²) in [7, 11) is 0. The third kappa shape index (κ3) is 3.79. The molecule has 2 aliphatic rings. The number of anilines is 1. The number of hydrogen-bond acceptors (Lipinski definition) is 4. The van der Waals surface area contributed by atoms with Gasteiger partial charge in [0.2, 0.25) is 5.95 Å². The third-order valence-corrected chi connectivity index (χ3v) is 4.97. The van der Waals surface area contributed by atoms with E-state index >= 15 is 0 Å². The molecule has 1 saturated heterocycles. The lowest BCUT2D eigenvalue weighted by Gasteiger charge is -2.36. The number of carbonyl (C=O) groups excluding carboxylic acids is 1. The molecule has 1 amide bonds. The zero-order valence-corrected chi connectivity index (χ0v) is 14.3. The molecule has 2 heterocycles. The molecular formula is C19H24N5O+. The van der Waals surface area contributed by atoms with Gasteiger partial charge in [0.05, 0.1) is 26.2 Å². The van der Waals surface area contributed by atoms with Gasteiger partial charge in [-0.1, -0.05) is 30.3 Å². The Hall–Kier alpha value is -2.47. The second-order valence-corrected chi connectivity index (χ2v) is 6.82. The Bertz CT molecular complexity index is 696. The highest BCUT2D eigenvalue weighted by molar-refractivity contribution is 5.82. The largest absolute Gasteiger partial charge is 0.348 e. The van der Waals surface area contributed by atoms with Crippen LogP contribution in [0.5, 0.6) is 0 Å². The molecule has 1 aliphatic heterocycles. The number of piperazine rings is 1. The Morgan fingerprint density at radius 3 is 2.40 bits per heavy atom. The topological polar surface area (TPSA) is 62.6 Å². The Kier molecular flexibility index (Phi) is 4.61. The van der Waals surface area contributed by atoms with Crippen LogP contribution in [0, 0.1) is 0 Å². The Balaban J connectivity index is 1.47. The summed E-state index contributed by atoms with van der Waals surface area (Å²) in [5, 5.41) is 3.19. The van der Waals surface area contributed by atoms with Crippen LogP contribution in [0.25, 0.3) is 0 Å². The van der Waals surface area contributed by atoms with E-state index in [-0.39, 0.29) is 11.9 Å². The second-order valence-electron chi connectivity index (χ2n) is 6.82. The Labute approximate surface area is 147 Å². The minimum Gasteiger partial charge on any atom is -0.348 e. The standard InChI is InChI=1S/C19H23N5O/c25-18(22-16-7-8-16)17(15-5-2-1-3-6-15)23-11-13-24(14-12-23)19-20-9-4-10-21-19/h1-6,9-10,16-17H,7-8,11-14H2,(H,22,25)/p+1/t17-/m1/s1. The van der Waals surface area contributed by atoms with Crippen molar-refractivity contribution in [2.75, 3.05) is 31.1 Å². The molecule has 25 heavy (non-hydrogen) atoms. The highest BCUT2D eigenvalue weighted by atomic mass is 16.2. The number of benzene rings is 1. The molecule has 2 N–H and O–H groups in total. The molecule has 0 radical (unpaired) electrons. The van der Waals surface area contributed by atoms with Gasteiger partial charge in [0, 0.05) is 24.0 Å². The van der Waals surface area contributed by atoms with Gasteiger partial charge in [0.1, 0.15) is 0 Å². The molecule has 0 bridgehead atoms. The minimum absolute atomic E-state index is 0.138. The summed E-state index contributed by atoms with van der Waals surface area (Å²) in [6.07, 6.45) is 5.78. The van der Waals surface area contributed by atoms with Crippen molar-refractivity contribution in [1.29, 1.82) is 0 Å². The fraction of sp³-hybridized carbons (Fsp3) is 0.421. The van der Waals surface area contributed by atoms with Crippen molar-refractivity contribution in [3.8, 4) is 0 Å². The molecule has 1 atom stereocenters. The van der Waals surface area contributed by atoms with E-state index in [1.54, 1.807) is 12.4 Å². The van der Waals surface area contributed by atoms with Crippen LogP contribution >= 0.6 is 0 Å². The van der Waals surface area contributed by atoms with Gasteiger partial charge in [-0.05, 0) is 18.9 Å². The van der Waals surface area contributed by atoms with Crippen molar-refractivity contribution in [2.24, 2.45) is 0 Å². The second kappa shape index (κ2) is 7.19. The van der Waals surface area contributed by atoms with Crippen molar-refractivity contribution < 1.29 is 9.69 Å². The van der Waals surface area contributed by atoms with Gasteiger partial charge in [-0.15, -0.1) is 0 Å².